The van der Waals surface area contributed by atoms with Crippen LogP contribution in [0.15, 0.2) is 0 Å². The van der Waals surface area contributed by atoms with Crippen LogP contribution in [-0.2, 0) is 0 Å². The lowest BCUT2D eigenvalue weighted by Crippen LogP contribution is -2.45. The molecule has 1 aliphatic rings. The highest BCUT2D eigenvalue weighted by Gasteiger charge is 2.15. The summed E-state index contributed by atoms with van der Waals surface area (Å²) in [6.07, 6.45) is 2.80. The second-order valence-corrected chi connectivity index (χ2v) is 3.17. The number of nitrogens with zero attached hydrogens (tertiary/aromatic N) is 2. The molecular formula is C8H16N4. The fourth-order valence-electron chi connectivity index (χ4n) is 1.44. The summed E-state index contributed by atoms with van der Waals surface area (Å²) in [7, 11) is 0. The average Bonchev–Trinajstić information content (AvgIpc) is 2.09. The number of rotatable bonds is 3. The van der Waals surface area contributed by atoms with E-state index in [-0.39, 0.29) is 0 Å². The van der Waals surface area contributed by atoms with Crippen LogP contribution in [0.3, 0.4) is 0 Å². The molecule has 1 rings (SSSR count). The van der Waals surface area contributed by atoms with Crippen molar-refractivity contribution in [1.82, 2.24) is 10.3 Å². The number of hydrogen-bond donors (Lipinski definition) is 2. The molecule has 0 bridgehead atoms. The second-order valence-electron chi connectivity index (χ2n) is 3.17. The number of nitrogens with two attached hydrogens (primary N) is 1. The lowest BCUT2D eigenvalue weighted by Gasteiger charge is -2.28. The van der Waals surface area contributed by atoms with Crippen molar-refractivity contribution in [1.29, 1.82) is 5.26 Å². The molecule has 0 amide bonds. The monoisotopic (exact) mass is 168 g/mol. The first-order valence-electron chi connectivity index (χ1n) is 4.43. The van der Waals surface area contributed by atoms with Crippen LogP contribution in [-0.4, -0.2) is 30.7 Å². The normalized spacial score (nSPS) is 20.7. The maximum Gasteiger partial charge on any atom is 0.0635 e. The van der Waals surface area contributed by atoms with Gasteiger partial charge >= 0.3 is 0 Å². The first kappa shape index (κ1) is 9.46. The van der Waals surface area contributed by atoms with Crippen LogP contribution in [0.4, 0.5) is 0 Å². The van der Waals surface area contributed by atoms with E-state index >= 15 is 0 Å². The van der Waals surface area contributed by atoms with Crippen LogP contribution in [0.2, 0.25) is 0 Å². The lowest BCUT2D eigenvalue weighted by atomic mass is 10.1. The molecule has 0 aromatic carbocycles. The van der Waals surface area contributed by atoms with E-state index in [9.17, 15) is 0 Å². The molecular weight excluding hydrogens is 152 g/mol. The van der Waals surface area contributed by atoms with Crippen molar-refractivity contribution in [3.8, 4) is 6.07 Å². The lowest BCUT2D eigenvalue weighted by molar-refractivity contribution is 0.202. The van der Waals surface area contributed by atoms with Gasteiger partial charge in [0, 0.05) is 32.1 Å². The summed E-state index contributed by atoms with van der Waals surface area (Å²) < 4.78 is 0. The zero-order chi connectivity index (χ0) is 8.81. The Kier molecular flexibility index (Phi) is 4.01. The fraction of sp³-hybridized carbons (Fsp3) is 0.875. The highest BCUT2D eigenvalue weighted by atomic mass is 15.4. The van der Waals surface area contributed by atoms with Crippen LogP contribution in [0.1, 0.15) is 19.3 Å². The van der Waals surface area contributed by atoms with E-state index in [4.69, 9.17) is 11.1 Å². The van der Waals surface area contributed by atoms with Gasteiger partial charge in [0.1, 0.15) is 0 Å². The van der Waals surface area contributed by atoms with E-state index in [1.54, 1.807) is 0 Å². The molecule has 12 heavy (non-hydrogen) atoms. The highest BCUT2D eigenvalue weighted by Crippen LogP contribution is 2.06. The van der Waals surface area contributed by atoms with Gasteiger partial charge in [0.15, 0.2) is 0 Å². The Morgan fingerprint density at radius 1 is 1.50 bits per heavy atom. The molecule has 0 radical (unpaired) electrons. The predicted molar refractivity (Wildman–Crippen MR) is 47.0 cm³/mol. The molecule has 68 valence electrons. The third-order valence-corrected chi connectivity index (χ3v) is 2.20. The number of nitriles is 1. The van der Waals surface area contributed by atoms with Crippen LogP contribution in [0.5, 0.6) is 0 Å². The van der Waals surface area contributed by atoms with Crippen LogP contribution >= 0.6 is 0 Å². The van der Waals surface area contributed by atoms with Crippen LogP contribution < -0.4 is 11.2 Å². The maximum atomic E-state index is 8.32. The molecule has 1 aliphatic heterocycles. The van der Waals surface area contributed by atoms with E-state index in [1.165, 1.54) is 0 Å². The maximum absolute atomic E-state index is 8.32. The van der Waals surface area contributed by atoms with Gasteiger partial charge in [-0.2, -0.15) is 5.26 Å². The Hall–Kier alpha value is -0.630. The van der Waals surface area contributed by atoms with Crippen molar-refractivity contribution < 1.29 is 0 Å². The third kappa shape index (κ3) is 3.18. The minimum absolute atomic E-state index is 0.568. The summed E-state index contributed by atoms with van der Waals surface area (Å²) in [6.45, 7) is 2.74. The van der Waals surface area contributed by atoms with E-state index in [1.807, 2.05) is 5.01 Å². The minimum Gasteiger partial charge on any atom is -0.313 e. The standard InChI is InChI=1S/C8H16N4/c9-4-1-5-11-8-2-6-12(10)7-3-8/h8,11H,1-3,5-7,10H2. The number of hydrogen-bond acceptors (Lipinski definition) is 4. The van der Waals surface area contributed by atoms with Crippen molar-refractivity contribution in [3.05, 3.63) is 0 Å². The Morgan fingerprint density at radius 3 is 2.75 bits per heavy atom. The topological polar surface area (TPSA) is 65.1 Å². The summed E-state index contributed by atoms with van der Waals surface area (Å²) in [5.41, 5.74) is 0. The van der Waals surface area contributed by atoms with Crippen LogP contribution in [0, 0.1) is 11.3 Å². The smallest absolute Gasteiger partial charge is 0.0635 e. The van der Waals surface area contributed by atoms with Gasteiger partial charge < -0.3 is 5.32 Å². The van der Waals surface area contributed by atoms with Gasteiger partial charge in [-0.15, -0.1) is 0 Å². The second kappa shape index (κ2) is 5.09. The quantitative estimate of drug-likeness (QED) is 0.453. The van der Waals surface area contributed by atoms with Gasteiger partial charge in [0.05, 0.1) is 6.07 Å². The fourth-order valence-corrected chi connectivity index (χ4v) is 1.44. The number of piperidine rings is 1. The SMILES string of the molecule is N#CCCNC1CCN(N)CC1. The van der Waals surface area contributed by atoms with E-state index in [2.05, 4.69) is 11.4 Å². The highest BCUT2D eigenvalue weighted by molar-refractivity contribution is 4.77. The molecule has 0 aliphatic carbocycles. The summed E-state index contributed by atoms with van der Waals surface area (Å²) in [6, 6.07) is 2.69. The minimum atomic E-state index is 0.568. The van der Waals surface area contributed by atoms with Crippen molar-refractivity contribution in [2.45, 2.75) is 25.3 Å². The molecule has 0 aromatic rings. The van der Waals surface area contributed by atoms with Crippen LogP contribution in [0.25, 0.3) is 0 Å². The van der Waals surface area contributed by atoms with Crippen molar-refractivity contribution in [2.24, 2.45) is 5.84 Å². The first-order valence-corrected chi connectivity index (χ1v) is 4.43. The van der Waals surface area contributed by atoms with Gasteiger partial charge in [-0.25, -0.2) is 5.01 Å². The zero-order valence-electron chi connectivity index (χ0n) is 7.29. The van der Waals surface area contributed by atoms with E-state index in [0.717, 1.165) is 32.5 Å². The molecule has 1 fully saturated rings. The Morgan fingerprint density at radius 2 is 2.17 bits per heavy atom. The molecule has 0 unspecified atom stereocenters. The molecule has 1 saturated heterocycles. The number of hydrazine groups is 1. The molecule has 0 saturated carbocycles. The van der Waals surface area contributed by atoms with Crippen molar-refractivity contribution >= 4 is 0 Å². The van der Waals surface area contributed by atoms with E-state index < -0.39 is 0 Å². The largest absolute Gasteiger partial charge is 0.313 e. The third-order valence-electron chi connectivity index (χ3n) is 2.20. The van der Waals surface area contributed by atoms with Gasteiger partial charge in [-0.1, -0.05) is 0 Å². The zero-order valence-corrected chi connectivity index (χ0v) is 7.29. The Bertz CT molecular complexity index is 155. The number of nitrogens with one attached hydrogen (secondary N) is 1. The summed E-state index contributed by atoms with van der Waals surface area (Å²) in [4.78, 5) is 0. The summed E-state index contributed by atoms with van der Waals surface area (Å²) in [5, 5.41) is 13.5. The average molecular weight is 168 g/mol. The Labute approximate surface area is 73.3 Å². The van der Waals surface area contributed by atoms with Crippen molar-refractivity contribution in [2.75, 3.05) is 19.6 Å². The van der Waals surface area contributed by atoms with Gasteiger partial charge in [-0.05, 0) is 12.8 Å². The van der Waals surface area contributed by atoms with Gasteiger partial charge in [-0.3, -0.25) is 5.84 Å². The molecule has 4 nitrogen and oxygen atoms in total. The van der Waals surface area contributed by atoms with E-state index in [0.29, 0.717) is 12.5 Å². The van der Waals surface area contributed by atoms with Crippen molar-refractivity contribution in [3.63, 3.8) is 0 Å². The molecule has 1 heterocycles. The predicted octanol–water partition coefficient (Wildman–Crippen LogP) is -0.172. The summed E-state index contributed by atoms with van der Waals surface area (Å²) >= 11 is 0. The Balaban J connectivity index is 2.06. The first-order chi connectivity index (χ1) is 5.83. The van der Waals surface area contributed by atoms with Gasteiger partial charge in [0.2, 0.25) is 0 Å². The molecule has 0 aromatic heterocycles. The van der Waals surface area contributed by atoms with Gasteiger partial charge in [0.25, 0.3) is 0 Å². The molecule has 4 heteroatoms. The molecule has 3 N–H and O–H groups in total. The molecule has 0 atom stereocenters. The summed E-state index contributed by atoms with van der Waals surface area (Å²) in [5.74, 6) is 5.60. The molecule has 0 spiro atoms.